The van der Waals surface area contributed by atoms with E-state index in [1.54, 1.807) is 7.11 Å². The van der Waals surface area contributed by atoms with E-state index < -0.39 is 0 Å². The highest BCUT2D eigenvalue weighted by Crippen LogP contribution is 2.31. The molecule has 0 radical (unpaired) electrons. The van der Waals surface area contributed by atoms with E-state index in [-0.39, 0.29) is 6.04 Å². The van der Waals surface area contributed by atoms with E-state index in [2.05, 4.69) is 36.8 Å². The number of methoxy groups -OCH3 is 1. The van der Waals surface area contributed by atoms with E-state index in [0.717, 1.165) is 18.7 Å². The maximum absolute atomic E-state index is 6.26. The zero-order chi connectivity index (χ0) is 15.6. The van der Waals surface area contributed by atoms with Gasteiger partial charge in [0.05, 0.1) is 12.1 Å². The number of hydrogen-bond donors (Lipinski definition) is 1. The van der Waals surface area contributed by atoms with Crippen molar-refractivity contribution in [3.63, 3.8) is 0 Å². The Morgan fingerprint density at radius 3 is 2.43 bits per heavy atom. The number of halogens is 1. The minimum absolute atomic E-state index is 0.201. The van der Waals surface area contributed by atoms with Crippen LogP contribution in [-0.2, 0) is 0 Å². The topological polar surface area (TPSA) is 41.7 Å². The molecule has 3 unspecified atom stereocenters. The summed E-state index contributed by atoms with van der Waals surface area (Å²) in [6.45, 7) is 7.15. The first-order valence-corrected chi connectivity index (χ1v) is 7.85. The highest BCUT2D eigenvalue weighted by molar-refractivity contribution is 6.32. The number of likely N-dealkylation sites (N-methyl/N-ethyl adjacent to an activating group) is 1. The summed E-state index contributed by atoms with van der Waals surface area (Å²) in [4.78, 5) is 4.89. The van der Waals surface area contributed by atoms with E-state index in [1.807, 2.05) is 12.1 Å². The van der Waals surface area contributed by atoms with Gasteiger partial charge in [-0.05, 0) is 38.6 Å². The summed E-state index contributed by atoms with van der Waals surface area (Å²) in [6.07, 6.45) is 0. The van der Waals surface area contributed by atoms with Crippen molar-refractivity contribution in [1.29, 1.82) is 0 Å². The molecule has 5 heteroatoms. The maximum Gasteiger partial charge on any atom is 0.137 e. The molecular weight excluding hydrogens is 286 g/mol. The van der Waals surface area contributed by atoms with Gasteiger partial charge in [-0.15, -0.1) is 0 Å². The maximum atomic E-state index is 6.26. The molecule has 0 aromatic heterocycles. The van der Waals surface area contributed by atoms with Gasteiger partial charge in [0.15, 0.2) is 0 Å². The highest BCUT2D eigenvalue weighted by atomic mass is 35.5. The summed E-state index contributed by atoms with van der Waals surface area (Å²) in [5.74, 6) is 0.705. The smallest absolute Gasteiger partial charge is 0.137 e. The van der Waals surface area contributed by atoms with E-state index in [0.29, 0.717) is 29.4 Å². The standard InChI is InChI=1S/C16H26ClN3O/c1-11-9-20(10-12(2)19(11)3)15(8-18)13-5-6-16(21-4)14(17)7-13/h5-7,11-12,15H,8-10,18H2,1-4H3. The van der Waals surface area contributed by atoms with Crippen molar-refractivity contribution in [3.05, 3.63) is 28.8 Å². The highest BCUT2D eigenvalue weighted by Gasteiger charge is 2.31. The fourth-order valence-corrected chi connectivity index (χ4v) is 3.35. The van der Waals surface area contributed by atoms with Gasteiger partial charge in [-0.25, -0.2) is 0 Å². The minimum atomic E-state index is 0.201. The van der Waals surface area contributed by atoms with Crippen LogP contribution in [0.2, 0.25) is 5.02 Å². The molecule has 1 fully saturated rings. The van der Waals surface area contributed by atoms with Crippen LogP contribution in [-0.4, -0.2) is 55.7 Å². The molecule has 0 aliphatic carbocycles. The molecule has 1 heterocycles. The van der Waals surface area contributed by atoms with Crippen LogP contribution in [0.15, 0.2) is 18.2 Å². The minimum Gasteiger partial charge on any atom is -0.495 e. The Balaban J connectivity index is 2.21. The van der Waals surface area contributed by atoms with Crippen molar-refractivity contribution in [1.82, 2.24) is 9.80 Å². The Kier molecular flexibility index (Phi) is 5.49. The monoisotopic (exact) mass is 311 g/mol. The SMILES string of the molecule is COc1ccc(C(CN)N2CC(C)N(C)C(C)C2)cc1Cl. The van der Waals surface area contributed by atoms with Gasteiger partial charge in [0, 0.05) is 37.8 Å². The van der Waals surface area contributed by atoms with Crippen molar-refractivity contribution < 1.29 is 4.74 Å². The largest absolute Gasteiger partial charge is 0.495 e. The number of hydrogen-bond acceptors (Lipinski definition) is 4. The number of rotatable bonds is 4. The van der Waals surface area contributed by atoms with Crippen LogP contribution >= 0.6 is 11.6 Å². The predicted molar refractivity (Wildman–Crippen MR) is 88.1 cm³/mol. The predicted octanol–water partition coefficient (Wildman–Crippen LogP) is 2.37. The van der Waals surface area contributed by atoms with Crippen LogP contribution in [0.5, 0.6) is 5.75 Å². The van der Waals surface area contributed by atoms with Crippen LogP contribution in [0.3, 0.4) is 0 Å². The van der Waals surface area contributed by atoms with E-state index in [4.69, 9.17) is 22.1 Å². The third-order valence-electron chi connectivity index (χ3n) is 4.61. The van der Waals surface area contributed by atoms with Gasteiger partial charge in [-0.2, -0.15) is 0 Å². The summed E-state index contributed by atoms with van der Waals surface area (Å²) in [5.41, 5.74) is 7.21. The third-order valence-corrected chi connectivity index (χ3v) is 4.91. The Hall–Kier alpha value is -0.810. The van der Waals surface area contributed by atoms with Gasteiger partial charge >= 0.3 is 0 Å². The molecular formula is C16H26ClN3O. The summed E-state index contributed by atoms with van der Waals surface area (Å²) in [7, 11) is 3.82. The van der Waals surface area contributed by atoms with Gasteiger partial charge in [0.25, 0.3) is 0 Å². The zero-order valence-corrected chi connectivity index (χ0v) is 14.1. The van der Waals surface area contributed by atoms with Crippen LogP contribution in [0.1, 0.15) is 25.5 Å². The molecule has 1 aliphatic heterocycles. The van der Waals surface area contributed by atoms with Gasteiger partial charge in [0.2, 0.25) is 0 Å². The van der Waals surface area contributed by atoms with Crippen LogP contribution in [0.25, 0.3) is 0 Å². The summed E-state index contributed by atoms with van der Waals surface area (Å²) in [6, 6.07) is 7.21. The van der Waals surface area contributed by atoms with Crippen molar-refractivity contribution >= 4 is 11.6 Å². The molecule has 1 saturated heterocycles. The normalized spacial score (nSPS) is 25.8. The Morgan fingerprint density at radius 1 is 1.33 bits per heavy atom. The lowest BCUT2D eigenvalue weighted by Crippen LogP contribution is -2.56. The molecule has 1 aromatic rings. The third kappa shape index (κ3) is 3.51. The molecule has 118 valence electrons. The van der Waals surface area contributed by atoms with Crippen molar-refractivity contribution in [2.45, 2.75) is 32.0 Å². The van der Waals surface area contributed by atoms with Crippen LogP contribution in [0.4, 0.5) is 0 Å². The zero-order valence-electron chi connectivity index (χ0n) is 13.3. The summed E-state index contributed by atoms with van der Waals surface area (Å²) < 4.78 is 5.22. The Labute approximate surface area is 132 Å². The summed E-state index contributed by atoms with van der Waals surface area (Å²) >= 11 is 6.26. The molecule has 1 aliphatic rings. The fourth-order valence-electron chi connectivity index (χ4n) is 3.09. The van der Waals surface area contributed by atoms with E-state index in [1.165, 1.54) is 0 Å². The first kappa shape index (κ1) is 16.6. The van der Waals surface area contributed by atoms with Gasteiger partial charge in [0.1, 0.15) is 5.75 Å². The quantitative estimate of drug-likeness (QED) is 0.927. The lowest BCUT2D eigenvalue weighted by molar-refractivity contribution is 0.0352. The number of nitrogens with two attached hydrogens (primary N) is 1. The molecule has 4 nitrogen and oxygen atoms in total. The van der Waals surface area contributed by atoms with Gasteiger partial charge in [-0.3, -0.25) is 9.80 Å². The lowest BCUT2D eigenvalue weighted by Gasteiger charge is -2.45. The first-order valence-electron chi connectivity index (χ1n) is 7.47. The second-order valence-corrected chi connectivity index (χ2v) is 6.37. The van der Waals surface area contributed by atoms with E-state index >= 15 is 0 Å². The number of benzene rings is 1. The molecule has 0 amide bonds. The van der Waals surface area contributed by atoms with Gasteiger partial charge < -0.3 is 10.5 Å². The van der Waals surface area contributed by atoms with Crippen molar-refractivity contribution in [2.24, 2.45) is 5.73 Å². The average Bonchev–Trinajstić information content (AvgIpc) is 2.45. The molecule has 21 heavy (non-hydrogen) atoms. The first-order chi connectivity index (χ1) is 9.97. The molecule has 2 rings (SSSR count). The van der Waals surface area contributed by atoms with Gasteiger partial charge in [-0.1, -0.05) is 17.7 Å². The van der Waals surface area contributed by atoms with Crippen molar-refractivity contribution in [2.75, 3.05) is 33.8 Å². The van der Waals surface area contributed by atoms with E-state index in [9.17, 15) is 0 Å². The molecule has 3 atom stereocenters. The lowest BCUT2D eigenvalue weighted by atomic mass is 10.0. The molecule has 0 bridgehead atoms. The molecule has 2 N–H and O–H groups in total. The number of ether oxygens (including phenoxy) is 1. The van der Waals surface area contributed by atoms with Crippen LogP contribution in [0, 0.1) is 0 Å². The van der Waals surface area contributed by atoms with Crippen LogP contribution < -0.4 is 10.5 Å². The second-order valence-electron chi connectivity index (χ2n) is 5.96. The second kappa shape index (κ2) is 6.97. The molecule has 1 aromatic carbocycles. The number of nitrogens with zero attached hydrogens (tertiary/aromatic N) is 2. The molecule has 0 saturated carbocycles. The Morgan fingerprint density at radius 2 is 1.95 bits per heavy atom. The average molecular weight is 312 g/mol. The van der Waals surface area contributed by atoms with Crippen molar-refractivity contribution in [3.8, 4) is 5.75 Å². The summed E-state index contributed by atoms with van der Waals surface area (Å²) in [5, 5.41) is 0.642. The Bertz CT molecular complexity index is 471. The number of piperazine rings is 1. The fraction of sp³-hybridized carbons (Fsp3) is 0.625. The molecule has 0 spiro atoms.